The lowest BCUT2D eigenvalue weighted by atomic mass is 10.00. The smallest absolute Gasteiger partial charge is 0.290 e. The molecule has 2 saturated heterocycles. The van der Waals surface area contributed by atoms with Crippen LogP contribution in [0.3, 0.4) is 0 Å². The van der Waals surface area contributed by atoms with Crippen molar-refractivity contribution in [3.8, 4) is 11.4 Å². The third-order valence-corrected chi connectivity index (χ3v) is 6.79. The molecule has 2 atom stereocenters. The molecular formula is C25H29N5O4. The highest BCUT2D eigenvalue weighted by Crippen LogP contribution is 2.25. The van der Waals surface area contributed by atoms with Gasteiger partial charge in [-0.3, -0.25) is 14.5 Å². The number of amides is 2. The number of nitrogens with zero attached hydrogens (tertiary/aromatic N) is 5. The fraction of sp³-hybridized carbons (Fsp3) is 0.440. The van der Waals surface area contributed by atoms with Crippen LogP contribution in [-0.4, -0.2) is 75.4 Å². The molecule has 9 heteroatoms. The van der Waals surface area contributed by atoms with Gasteiger partial charge in [0.1, 0.15) is 6.04 Å². The molecule has 0 saturated carbocycles. The molecule has 0 aliphatic carbocycles. The van der Waals surface area contributed by atoms with E-state index < -0.39 is 6.04 Å². The Bertz CT molecular complexity index is 1110. The minimum atomic E-state index is -0.431. The highest BCUT2D eigenvalue weighted by atomic mass is 16.5. The molecule has 3 aromatic rings. The summed E-state index contributed by atoms with van der Waals surface area (Å²) in [6, 6.07) is 12.6. The van der Waals surface area contributed by atoms with Crippen molar-refractivity contribution >= 4 is 11.8 Å². The number of hydrogen-bond acceptors (Lipinski definition) is 7. The molecular weight excluding hydrogens is 434 g/mol. The van der Waals surface area contributed by atoms with Crippen LogP contribution in [0.2, 0.25) is 0 Å². The largest absolute Gasteiger partial charge is 0.459 e. The van der Waals surface area contributed by atoms with E-state index in [0.29, 0.717) is 50.9 Å². The Morgan fingerprint density at radius 3 is 2.53 bits per heavy atom. The molecule has 0 spiro atoms. The van der Waals surface area contributed by atoms with E-state index in [-0.39, 0.29) is 23.6 Å². The second-order valence-corrected chi connectivity index (χ2v) is 8.85. The number of benzene rings is 1. The highest BCUT2D eigenvalue weighted by Gasteiger charge is 2.37. The van der Waals surface area contributed by atoms with Gasteiger partial charge in [-0.1, -0.05) is 35.5 Å². The standard InChI is InChI=1S/C25H29N5O4/c1-18(23-26-22(27-34-23)19-8-3-2-4-9-19)28-13-15-29(16-14-28)24(31)20-10-5-6-12-30(20)25(32)21-11-7-17-33-21/h2-4,7-9,11,17-18,20H,5-6,10,12-16H2,1H3. The molecule has 0 N–H and O–H groups in total. The Morgan fingerprint density at radius 1 is 1.00 bits per heavy atom. The zero-order valence-corrected chi connectivity index (χ0v) is 19.3. The first-order chi connectivity index (χ1) is 16.6. The summed E-state index contributed by atoms with van der Waals surface area (Å²) in [6.07, 6.45) is 4.01. The Labute approximate surface area is 198 Å². The van der Waals surface area contributed by atoms with Crippen molar-refractivity contribution in [2.24, 2.45) is 0 Å². The zero-order chi connectivity index (χ0) is 23.5. The van der Waals surface area contributed by atoms with Crippen molar-refractivity contribution in [1.29, 1.82) is 0 Å². The molecule has 9 nitrogen and oxygen atoms in total. The molecule has 2 aliphatic heterocycles. The Morgan fingerprint density at radius 2 is 1.79 bits per heavy atom. The maximum atomic E-state index is 13.4. The minimum absolute atomic E-state index is 0.0241. The van der Waals surface area contributed by atoms with Gasteiger partial charge in [-0.25, -0.2) is 0 Å². The average Bonchev–Trinajstić information content (AvgIpc) is 3.61. The van der Waals surface area contributed by atoms with Crippen molar-refractivity contribution in [3.63, 3.8) is 0 Å². The molecule has 2 aliphatic rings. The monoisotopic (exact) mass is 463 g/mol. The van der Waals surface area contributed by atoms with E-state index in [4.69, 9.17) is 8.94 Å². The van der Waals surface area contributed by atoms with E-state index in [2.05, 4.69) is 15.0 Å². The van der Waals surface area contributed by atoms with Crippen molar-refractivity contribution in [2.45, 2.75) is 38.3 Å². The second kappa shape index (κ2) is 9.80. The predicted molar refractivity (Wildman–Crippen MR) is 124 cm³/mol. The Kier molecular flexibility index (Phi) is 6.44. The molecule has 178 valence electrons. The summed E-state index contributed by atoms with van der Waals surface area (Å²) >= 11 is 0. The van der Waals surface area contributed by atoms with Crippen LogP contribution in [-0.2, 0) is 4.79 Å². The lowest BCUT2D eigenvalue weighted by molar-refractivity contribution is -0.139. The third-order valence-electron chi connectivity index (χ3n) is 6.79. The summed E-state index contributed by atoms with van der Waals surface area (Å²) < 4.78 is 10.8. The quantitative estimate of drug-likeness (QED) is 0.573. The minimum Gasteiger partial charge on any atom is -0.459 e. The van der Waals surface area contributed by atoms with Crippen molar-refractivity contribution in [2.75, 3.05) is 32.7 Å². The SMILES string of the molecule is CC(c1nc(-c2ccccc2)no1)N1CCN(C(=O)C2CCCCN2C(=O)c2ccco2)CC1. The van der Waals surface area contributed by atoms with E-state index in [1.165, 1.54) is 6.26 Å². The number of aromatic nitrogens is 2. The van der Waals surface area contributed by atoms with E-state index in [1.807, 2.05) is 42.2 Å². The van der Waals surface area contributed by atoms with Crippen LogP contribution < -0.4 is 0 Å². The van der Waals surface area contributed by atoms with Crippen molar-refractivity contribution in [1.82, 2.24) is 24.8 Å². The average molecular weight is 464 g/mol. The first-order valence-corrected chi connectivity index (χ1v) is 11.9. The number of carbonyl (C=O) groups excluding carboxylic acids is 2. The Hall–Kier alpha value is -3.46. The normalized spacial score (nSPS) is 20.3. The highest BCUT2D eigenvalue weighted by molar-refractivity contribution is 5.95. The van der Waals surface area contributed by atoms with Gasteiger partial charge in [-0.2, -0.15) is 4.98 Å². The molecule has 2 fully saturated rings. The molecule has 4 heterocycles. The lowest BCUT2D eigenvalue weighted by Crippen LogP contribution is -2.57. The Balaban J connectivity index is 1.20. The number of carbonyl (C=O) groups is 2. The van der Waals surface area contributed by atoms with E-state index in [1.54, 1.807) is 17.0 Å². The van der Waals surface area contributed by atoms with E-state index in [9.17, 15) is 9.59 Å². The molecule has 2 aromatic heterocycles. The van der Waals surface area contributed by atoms with Gasteiger partial charge < -0.3 is 18.7 Å². The number of hydrogen-bond donors (Lipinski definition) is 0. The maximum absolute atomic E-state index is 13.4. The number of piperidine rings is 1. The van der Waals surface area contributed by atoms with Crippen molar-refractivity contribution in [3.05, 3.63) is 60.4 Å². The van der Waals surface area contributed by atoms with Crippen LogP contribution in [0.5, 0.6) is 0 Å². The molecule has 0 radical (unpaired) electrons. The van der Waals surface area contributed by atoms with Gasteiger partial charge in [0.15, 0.2) is 5.76 Å². The summed E-state index contributed by atoms with van der Waals surface area (Å²) in [5.41, 5.74) is 0.918. The maximum Gasteiger partial charge on any atom is 0.290 e. The van der Waals surface area contributed by atoms with Crippen LogP contribution >= 0.6 is 0 Å². The predicted octanol–water partition coefficient (Wildman–Crippen LogP) is 3.23. The van der Waals surface area contributed by atoms with Gasteiger partial charge in [0, 0.05) is 38.3 Å². The summed E-state index contributed by atoms with van der Waals surface area (Å²) in [4.78, 5) is 36.7. The van der Waals surface area contributed by atoms with E-state index in [0.717, 1.165) is 18.4 Å². The van der Waals surface area contributed by atoms with Gasteiger partial charge in [0.2, 0.25) is 17.6 Å². The number of likely N-dealkylation sites (tertiary alicyclic amines) is 1. The summed E-state index contributed by atoms with van der Waals surface area (Å²) in [5, 5.41) is 4.13. The molecule has 5 rings (SSSR count). The van der Waals surface area contributed by atoms with Gasteiger partial charge >= 0.3 is 0 Å². The zero-order valence-electron chi connectivity index (χ0n) is 19.3. The fourth-order valence-corrected chi connectivity index (χ4v) is 4.78. The first-order valence-electron chi connectivity index (χ1n) is 11.9. The summed E-state index contributed by atoms with van der Waals surface area (Å²) in [6.45, 7) is 5.23. The molecule has 0 bridgehead atoms. The third kappa shape index (κ3) is 4.48. The topological polar surface area (TPSA) is 95.9 Å². The summed E-state index contributed by atoms with van der Waals surface area (Å²) in [5.74, 6) is 1.25. The second-order valence-electron chi connectivity index (χ2n) is 8.85. The van der Waals surface area contributed by atoms with Gasteiger partial charge in [0.25, 0.3) is 5.91 Å². The van der Waals surface area contributed by atoms with Crippen LogP contribution in [0.4, 0.5) is 0 Å². The molecule has 2 unspecified atom stereocenters. The van der Waals surface area contributed by atoms with Crippen LogP contribution in [0.25, 0.3) is 11.4 Å². The lowest BCUT2D eigenvalue weighted by Gasteiger charge is -2.41. The number of piperazine rings is 1. The number of rotatable bonds is 5. The number of furan rings is 1. The van der Waals surface area contributed by atoms with E-state index >= 15 is 0 Å². The van der Waals surface area contributed by atoms with Crippen molar-refractivity contribution < 1.29 is 18.5 Å². The molecule has 34 heavy (non-hydrogen) atoms. The summed E-state index contributed by atoms with van der Waals surface area (Å²) in [7, 11) is 0. The molecule has 2 amide bonds. The molecule has 1 aromatic carbocycles. The van der Waals surface area contributed by atoms with Crippen LogP contribution in [0.15, 0.2) is 57.7 Å². The van der Waals surface area contributed by atoms with Crippen LogP contribution in [0.1, 0.15) is 48.7 Å². The van der Waals surface area contributed by atoms with Crippen LogP contribution in [0, 0.1) is 0 Å². The first kappa shape index (κ1) is 22.3. The van der Waals surface area contributed by atoms with Gasteiger partial charge in [-0.15, -0.1) is 0 Å². The van der Waals surface area contributed by atoms with Gasteiger partial charge in [0.05, 0.1) is 12.3 Å². The van der Waals surface area contributed by atoms with Gasteiger partial charge in [-0.05, 0) is 38.3 Å². The fourth-order valence-electron chi connectivity index (χ4n) is 4.78.